The first-order valence-electron chi connectivity index (χ1n) is 7.66. The van der Waals surface area contributed by atoms with Crippen molar-refractivity contribution >= 4 is 6.03 Å². The molecule has 1 rings (SSSR count). The molecule has 0 aliphatic rings. The Morgan fingerprint density at radius 2 is 1.85 bits per heavy atom. The minimum Gasteiger partial charge on any atom is -0.338 e. The van der Waals surface area contributed by atoms with Crippen LogP contribution in [0.2, 0.25) is 0 Å². The van der Waals surface area contributed by atoms with Gasteiger partial charge >= 0.3 is 6.03 Å². The summed E-state index contributed by atoms with van der Waals surface area (Å²) in [5.41, 5.74) is 2.21. The number of nitrogens with zero attached hydrogens (tertiary/aromatic N) is 2. The fourth-order valence-corrected chi connectivity index (χ4v) is 2.15. The van der Waals surface area contributed by atoms with Gasteiger partial charge in [-0.2, -0.15) is 5.10 Å². The molecule has 2 amide bonds. The van der Waals surface area contributed by atoms with Crippen molar-refractivity contribution < 1.29 is 4.79 Å². The number of rotatable bonds is 9. The van der Waals surface area contributed by atoms with Crippen LogP contribution in [0.5, 0.6) is 0 Å². The topological polar surface area (TPSA) is 59.0 Å². The van der Waals surface area contributed by atoms with E-state index in [4.69, 9.17) is 0 Å². The molecule has 2 N–H and O–H groups in total. The van der Waals surface area contributed by atoms with Gasteiger partial charge in [0.2, 0.25) is 0 Å². The van der Waals surface area contributed by atoms with Crippen LogP contribution in [0.25, 0.3) is 0 Å². The van der Waals surface area contributed by atoms with Gasteiger partial charge in [-0.15, -0.1) is 0 Å². The summed E-state index contributed by atoms with van der Waals surface area (Å²) < 4.78 is 1.99. The average Bonchev–Trinajstić information content (AvgIpc) is 2.73. The highest BCUT2D eigenvalue weighted by Gasteiger charge is 2.01. The molecule has 0 saturated heterocycles. The van der Waals surface area contributed by atoms with Crippen LogP contribution in [0.15, 0.2) is 6.07 Å². The van der Waals surface area contributed by atoms with E-state index in [1.807, 2.05) is 11.6 Å². The van der Waals surface area contributed by atoms with Crippen molar-refractivity contribution in [3.05, 3.63) is 17.5 Å². The molecular weight excluding hydrogens is 252 g/mol. The van der Waals surface area contributed by atoms with E-state index >= 15 is 0 Å². The van der Waals surface area contributed by atoms with E-state index in [1.165, 1.54) is 25.0 Å². The molecule has 0 aromatic carbocycles. The highest BCUT2D eigenvalue weighted by molar-refractivity contribution is 5.73. The number of aryl methyl sites for hydroxylation is 3. The summed E-state index contributed by atoms with van der Waals surface area (Å²) in [6.45, 7) is 8.52. The number of amides is 2. The van der Waals surface area contributed by atoms with Gasteiger partial charge in [0.25, 0.3) is 0 Å². The normalized spacial score (nSPS) is 10.6. The monoisotopic (exact) mass is 280 g/mol. The summed E-state index contributed by atoms with van der Waals surface area (Å²) in [4.78, 5) is 11.5. The lowest BCUT2D eigenvalue weighted by Gasteiger charge is -2.08. The molecule has 0 bridgehead atoms. The Hall–Kier alpha value is -1.52. The van der Waals surface area contributed by atoms with Crippen molar-refractivity contribution in [3.8, 4) is 0 Å². The summed E-state index contributed by atoms with van der Waals surface area (Å²) >= 11 is 0. The van der Waals surface area contributed by atoms with Gasteiger partial charge in [0.15, 0.2) is 0 Å². The van der Waals surface area contributed by atoms with E-state index in [-0.39, 0.29) is 6.03 Å². The smallest absolute Gasteiger partial charge is 0.314 e. The molecular formula is C15H28N4O. The van der Waals surface area contributed by atoms with E-state index in [0.717, 1.165) is 31.6 Å². The van der Waals surface area contributed by atoms with Crippen LogP contribution >= 0.6 is 0 Å². The van der Waals surface area contributed by atoms with Gasteiger partial charge in [-0.05, 0) is 32.8 Å². The van der Waals surface area contributed by atoms with E-state index in [2.05, 4.69) is 35.6 Å². The van der Waals surface area contributed by atoms with E-state index in [9.17, 15) is 4.79 Å². The van der Waals surface area contributed by atoms with Crippen LogP contribution < -0.4 is 10.6 Å². The Kier molecular flexibility index (Phi) is 7.77. The van der Waals surface area contributed by atoms with Gasteiger partial charge in [-0.25, -0.2) is 4.79 Å². The molecule has 1 aromatic heterocycles. The molecule has 0 aliphatic carbocycles. The Morgan fingerprint density at radius 1 is 1.15 bits per heavy atom. The number of hydrogen-bond acceptors (Lipinski definition) is 2. The number of aromatic nitrogens is 2. The second-order valence-electron chi connectivity index (χ2n) is 5.25. The van der Waals surface area contributed by atoms with Gasteiger partial charge in [-0.1, -0.05) is 26.2 Å². The molecule has 5 nitrogen and oxygen atoms in total. The molecule has 0 spiro atoms. The summed E-state index contributed by atoms with van der Waals surface area (Å²) in [7, 11) is 0. The molecule has 1 aromatic rings. The first-order valence-corrected chi connectivity index (χ1v) is 7.66. The minimum atomic E-state index is -0.0603. The van der Waals surface area contributed by atoms with Crippen LogP contribution in [-0.4, -0.2) is 28.9 Å². The number of urea groups is 1. The maximum atomic E-state index is 11.5. The Bertz CT molecular complexity index is 401. The van der Waals surface area contributed by atoms with E-state index in [1.54, 1.807) is 0 Å². The number of unbranched alkanes of at least 4 members (excludes halogenated alkanes) is 3. The van der Waals surface area contributed by atoms with Gasteiger partial charge in [0.1, 0.15) is 0 Å². The van der Waals surface area contributed by atoms with Crippen molar-refractivity contribution in [2.24, 2.45) is 0 Å². The second-order valence-corrected chi connectivity index (χ2v) is 5.25. The molecule has 5 heteroatoms. The van der Waals surface area contributed by atoms with Gasteiger partial charge in [-0.3, -0.25) is 4.68 Å². The third-order valence-electron chi connectivity index (χ3n) is 3.25. The number of hydrogen-bond donors (Lipinski definition) is 2. The molecule has 1 heterocycles. The zero-order valence-electron chi connectivity index (χ0n) is 13.0. The Balaban J connectivity index is 2.03. The molecule has 0 radical (unpaired) electrons. The third-order valence-corrected chi connectivity index (χ3v) is 3.25. The largest absolute Gasteiger partial charge is 0.338 e. The molecule has 20 heavy (non-hydrogen) atoms. The fourth-order valence-electron chi connectivity index (χ4n) is 2.15. The summed E-state index contributed by atoms with van der Waals surface area (Å²) in [6, 6.07) is 2.01. The first-order chi connectivity index (χ1) is 9.63. The number of nitrogens with one attached hydrogen (secondary N) is 2. The predicted molar refractivity (Wildman–Crippen MR) is 81.9 cm³/mol. The zero-order valence-corrected chi connectivity index (χ0v) is 13.0. The van der Waals surface area contributed by atoms with Gasteiger partial charge < -0.3 is 10.6 Å². The van der Waals surface area contributed by atoms with Crippen LogP contribution in [-0.2, 0) is 6.54 Å². The lowest BCUT2D eigenvalue weighted by molar-refractivity contribution is 0.240. The van der Waals surface area contributed by atoms with Crippen LogP contribution in [0.1, 0.15) is 50.4 Å². The molecule has 0 atom stereocenters. The summed E-state index contributed by atoms with van der Waals surface area (Å²) in [5.74, 6) is 0. The van der Waals surface area contributed by atoms with Crippen molar-refractivity contribution in [1.82, 2.24) is 20.4 Å². The van der Waals surface area contributed by atoms with Gasteiger partial charge in [0.05, 0.1) is 5.69 Å². The third kappa shape index (κ3) is 6.59. The first kappa shape index (κ1) is 16.5. The van der Waals surface area contributed by atoms with E-state index in [0.29, 0.717) is 6.54 Å². The summed E-state index contributed by atoms with van der Waals surface area (Å²) in [6.07, 6.45) is 5.61. The minimum absolute atomic E-state index is 0.0603. The molecule has 0 aliphatic heterocycles. The predicted octanol–water partition coefficient (Wildman–Crippen LogP) is 2.77. The number of carbonyl (C=O) groups excluding carboxylic acids is 1. The molecule has 0 saturated carbocycles. The quantitative estimate of drug-likeness (QED) is 0.683. The SMILES string of the molecule is CCCCCCNC(=O)NCCCn1nc(C)cc1C. The van der Waals surface area contributed by atoms with Crippen LogP contribution in [0.4, 0.5) is 4.79 Å². The lowest BCUT2D eigenvalue weighted by Crippen LogP contribution is -2.36. The molecule has 0 fully saturated rings. The highest BCUT2D eigenvalue weighted by atomic mass is 16.2. The lowest BCUT2D eigenvalue weighted by atomic mass is 10.2. The Labute approximate surface area is 122 Å². The van der Waals surface area contributed by atoms with Crippen LogP contribution in [0.3, 0.4) is 0 Å². The standard InChI is InChI=1S/C15H28N4O/c1-4-5-6-7-9-16-15(20)17-10-8-11-19-14(3)12-13(2)18-19/h12H,4-11H2,1-3H3,(H2,16,17,20). The molecule has 0 unspecified atom stereocenters. The van der Waals surface area contributed by atoms with E-state index < -0.39 is 0 Å². The fraction of sp³-hybridized carbons (Fsp3) is 0.733. The summed E-state index contributed by atoms with van der Waals surface area (Å²) in [5, 5.41) is 10.2. The maximum Gasteiger partial charge on any atom is 0.314 e. The van der Waals surface area contributed by atoms with Crippen molar-refractivity contribution in [2.75, 3.05) is 13.1 Å². The van der Waals surface area contributed by atoms with Crippen LogP contribution in [0, 0.1) is 13.8 Å². The van der Waals surface area contributed by atoms with Crippen molar-refractivity contribution in [3.63, 3.8) is 0 Å². The highest BCUT2D eigenvalue weighted by Crippen LogP contribution is 2.02. The number of carbonyl (C=O) groups is 1. The maximum absolute atomic E-state index is 11.5. The van der Waals surface area contributed by atoms with Gasteiger partial charge in [0, 0.05) is 25.3 Å². The zero-order chi connectivity index (χ0) is 14.8. The van der Waals surface area contributed by atoms with Crippen molar-refractivity contribution in [2.45, 2.75) is 59.4 Å². The Morgan fingerprint density at radius 3 is 2.45 bits per heavy atom. The second kappa shape index (κ2) is 9.39. The van der Waals surface area contributed by atoms with Crippen molar-refractivity contribution in [1.29, 1.82) is 0 Å². The molecule has 114 valence electrons. The average molecular weight is 280 g/mol.